The number of benzene rings is 1. The molecule has 1 aromatic rings. The van der Waals surface area contributed by atoms with Crippen molar-refractivity contribution < 1.29 is 4.79 Å². The van der Waals surface area contributed by atoms with Crippen LogP contribution >= 0.6 is 0 Å². The Labute approximate surface area is 93.5 Å². The van der Waals surface area contributed by atoms with Crippen LogP contribution in [0.3, 0.4) is 0 Å². The van der Waals surface area contributed by atoms with Crippen molar-refractivity contribution in [1.82, 2.24) is 0 Å². The van der Waals surface area contributed by atoms with E-state index in [4.69, 9.17) is 0 Å². The number of aryl methyl sites for hydroxylation is 1. The summed E-state index contributed by atoms with van der Waals surface area (Å²) in [5, 5.41) is 0. The van der Waals surface area contributed by atoms with Gasteiger partial charge in [-0.15, -0.1) is 0 Å². The minimum absolute atomic E-state index is 0.163. The Hall–Kier alpha value is -1.11. The summed E-state index contributed by atoms with van der Waals surface area (Å²) in [6, 6.07) is 5.88. The Balaban J connectivity index is 0.000000583. The van der Waals surface area contributed by atoms with Gasteiger partial charge in [0.2, 0.25) is 0 Å². The van der Waals surface area contributed by atoms with Crippen LogP contribution in [0.25, 0.3) is 0 Å². The summed E-state index contributed by atoms with van der Waals surface area (Å²) in [6.07, 6.45) is 2.18. The Bertz CT molecular complexity index is 313. The van der Waals surface area contributed by atoms with Crippen LogP contribution in [-0.2, 0) is 6.42 Å². The topological polar surface area (TPSA) is 17.1 Å². The molecule has 0 aromatic heterocycles. The summed E-state index contributed by atoms with van der Waals surface area (Å²) < 4.78 is 0. The van der Waals surface area contributed by atoms with Gasteiger partial charge >= 0.3 is 0 Å². The molecule has 1 aromatic carbocycles. The average molecular weight is 206 g/mol. The number of Topliss-reactive ketones (excluding diaryl/α,β-unsaturated/α-hetero) is 1. The van der Waals surface area contributed by atoms with Crippen LogP contribution in [-0.4, -0.2) is 5.78 Å². The van der Waals surface area contributed by atoms with Gasteiger partial charge in [0.1, 0.15) is 0 Å². The van der Waals surface area contributed by atoms with E-state index in [0.717, 1.165) is 12.0 Å². The Morgan fingerprint density at radius 2 is 1.73 bits per heavy atom. The fourth-order valence-corrected chi connectivity index (χ4v) is 1.50. The smallest absolute Gasteiger partial charge is 0.160 e. The van der Waals surface area contributed by atoms with Gasteiger partial charge in [0, 0.05) is 5.56 Å². The molecule has 15 heavy (non-hydrogen) atoms. The minimum Gasteiger partial charge on any atom is -0.295 e. The van der Waals surface area contributed by atoms with Crippen molar-refractivity contribution in [3.05, 3.63) is 34.9 Å². The molecule has 1 heteroatoms. The molecule has 0 aliphatic carbocycles. The van der Waals surface area contributed by atoms with E-state index in [1.54, 1.807) is 6.92 Å². The van der Waals surface area contributed by atoms with Crippen molar-refractivity contribution in [1.29, 1.82) is 0 Å². The normalized spacial score (nSPS) is 9.13. The molecule has 0 unspecified atom stereocenters. The van der Waals surface area contributed by atoms with Gasteiger partial charge in [0.15, 0.2) is 5.78 Å². The first-order chi connectivity index (χ1) is 7.08. The second-order valence-corrected chi connectivity index (χ2v) is 3.72. The fourth-order valence-electron chi connectivity index (χ4n) is 1.50. The standard InChI is InChI=1S/C11H14O.C3H8/c1-4-10-8(2)6-5-7-11(10)9(3)12;1-3-2/h5-7H,4H2,1-3H3;3H2,1-2H3. The molecule has 0 atom stereocenters. The van der Waals surface area contributed by atoms with Crippen molar-refractivity contribution in [2.24, 2.45) is 0 Å². The number of rotatable bonds is 2. The highest BCUT2D eigenvalue weighted by molar-refractivity contribution is 5.95. The number of hydrogen-bond acceptors (Lipinski definition) is 1. The molecular weight excluding hydrogens is 184 g/mol. The predicted molar refractivity (Wildman–Crippen MR) is 66.5 cm³/mol. The van der Waals surface area contributed by atoms with Gasteiger partial charge in [0.25, 0.3) is 0 Å². The third-order valence-corrected chi connectivity index (χ3v) is 2.14. The molecule has 0 spiro atoms. The van der Waals surface area contributed by atoms with Gasteiger partial charge < -0.3 is 0 Å². The molecule has 0 aliphatic heterocycles. The Morgan fingerprint density at radius 1 is 1.20 bits per heavy atom. The third-order valence-electron chi connectivity index (χ3n) is 2.14. The lowest BCUT2D eigenvalue weighted by Gasteiger charge is -2.06. The molecular formula is C14H22O. The van der Waals surface area contributed by atoms with Crippen LogP contribution in [0.15, 0.2) is 18.2 Å². The van der Waals surface area contributed by atoms with Crippen molar-refractivity contribution in [3.8, 4) is 0 Å². The molecule has 0 aliphatic rings. The lowest BCUT2D eigenvalue weighted by molar-refractivity contribution is 0.101. The highest BCUT2D eigenvalue weighted by Crippen LogP contribution is 2.14. The van der Waals surface area contributed by atoms with Gasteiger partial charge in [-0.05, 0) is 31.4 Å². The maximum atomic E-state index is 11.2. The molecule has 0 saturated heterocycles. The minimum atomic E-state index is 0.163. The van der Waals surface area contributed by atoms with Gasteiger partial charge in [-0.3, -0.25) is 4.79 Å². The van der Waals surface area contributed by atoms with Crippen LogP contribution in [0, 0.1) is 6.92 Å². The van der Waals surface area contributed by atoms with Crippen molar-refractivity contribution in [2.45, 2.75) is 47.5 Å². The summed E-state index contributed by atoms with van der Waals surface area (Å²) in [4.78, 5) is 11.2. The second-order valence-electron chi connectivity index (χ2n) is 3.72. The molecule has 1 rings (SSSR count). The zero-order valence-electron chi connectivity index (χ0n) is 10.6. The average Bonchev–Trinajstić information content (AvgIpc) is 2.18. The molecule has 0 saturated carbocycles. The second kappa shape index (κ2) is 7.22. The van der Waals surface area contributed by atoms with Crippen LogP contribution in [0.1, 0.15) is 55.6 Å². The molecule has 84 valence electrons. The first-order valence-electron chi connectivity index (χ1n) is 5.67. The van der Waals surface area contributed by atoms with Crippen LogP contribution in [0.4, 0.5) is 0 Å². The van der Waals surface area contributed by atoms with Crippen molar-refractivity contribution >= 4 is 5.78 Å². The summed E-state index contributed by atoms with van der Waals surface area (Å²) in [7, 11) is 0. The summed E-state index contributed by atoms with van der Waals surface area (Å²) in [6.45, 7) is 9.99. The fraction of sp³-hybridized carbons (Fsp3) is 0.500. The SMILES string of the molecule is CCC.CCc1c(C)cccc1C(C)=O. The first kappa shape index (κ1) is 13.9. The number of carbonyl (C=O) groups excluding carboxylic acids is 1. The predicted octanol–water partition coefficient (Wildman–Crippen LogP) is 4.18. The van der Waals surface area contributed by atoms with E-state index in [1.807, 2.05) is 25.1 Å². The first-order valence-corrected chi connectivity index (χ1v) is 5.67. The molecule has 0 N–H and O–H groups in total. The monoisotopic (exact) mass is 206 g/mol. The van der Waals surface area contributed by atoms with E-state index in [1.165, 1.54) is 17.5 Å². The lowest BCUT2D eigenvalue weighted by atomic mass is 9.98. The molecule has 1 nitrogen and oxygen atoms in total. The highest BCUT2D eigenvalue weighted by Gasteiger charge is 2.06. The Morgan fingerprint density at radius 3 is 2.07 bits per heavy atom. The zero-order chi connectivity index (χ0) is 11.8. The molecule has 0 radical (unpaired) electrons. The summed E-state index contributed by atoms with van der Waals surface area (Å²) in [5.41, 5.74) is 3.27. The van der Waals surface area contributed by atoms with Crippen molar-refractivity contribution in [2.75, 3.05) is 0 Å². The van der Waals surface area contributed by atoms with E-state index >= 15 is 0 Å². The Kier molecular flexibility index (Phi) is 6.68. The molecule has 0 amide bonds. The lowest BCUT2D eigenvalue weighted by Crippen LogP contribution is -2.00. The van der Waals surface area contributed by atoms with E-state index < -0.39 is 0 Å². The van der Waals surface area contributed by atoms with E-state index in [-0.39, 0.29) is 5.78 Å². The number of ketones is 1. The van der Waals surface area contributed by atoms with Crippen LogP contribution in [0.2, 0.25) is 0 Å². The van der Waals surface area contributed by atoms with Crippen LogP contribution < -0.4 is 0 Å². The largest absolute Gasteiger partial charge is 0.295 e. The van der Waals surface area contributed by atoms with E-state index in [9.17, 15) is 4.79 Å². The van der Waals surface area contributed by atoms with E-state index in [0.29, 0.717) is 0 Å². The van der Waals surface area contributed by atoms with Gasteiger partial charge in [0.05, 0.1) is 0 Å². The van der Waals surface area contributed by atoms with E-state index in [2.05, 4.69) is 20.8 Å². The molecule has 0 fully saturated rings. The van der Waals surface area contributed by atoms with Gasteiger partial charge in [-0.2, -0.15) is 0 Å². The third kappa shape index (κ3) is 4.28. The van der Waals surface area contributed by atoms with Crippen LogP contribution in [0.5, 0.6) is 0 Å². The zero-order valence-corrected chi connectivity index (χ0v) is 10.6. The maximum absolute atomic E-state index is 11.2. The number of hydrogen-bond donors (Lipinski definition) is 0. The number of carbonyl (C=O) groups is 1. The quantitative estimate of drug-likeness (QED) is 0.663. The van der Waals surface area contributed by atoms with Crippen molar-refractivity contribution in [3.63, 3.8) is 0 Å². The van der Waals surface area contributed by atoms with Gasteiger partial charge in [-0.25, -0.2) is 0 Å². The summed E-state index contributed by atoms with van der Waals surface area (Å²) >= 11 is 0. The molecule has 0 bridgehead atoms. The van der Waals surface area contributed by atoms with Gasteiger partial charge in [-0.1, -0.05) is 45.4 Å². The highest BCUT2D eigenvalue weighted by atomic mass is 16.1. The maximum Gasteiger partial charge on any atom is 0.160 e. The molecule has 0 heterocycles. The summed E-state index contributed by atoms with van der Waals surface area (Å²) in [5.74, 6) is 0.163.